The van der Waals surface area contributed by atoms with Crippen molar-refractivity contribution >= 4 is 11.7 Å². The quantitative estimate of drug-likeness (QED) is 0.556. The molecule has 35 heavy (non-hydrogen) atoms. The van der Waals surface area contributed by atoms with Crippen LogP contribution in [0.5, 0.6) is 11.5 Å². The minimum atomic E-state index is -6.01. The average molecular weight is 508 g/mol. The second-order valence-electron chi connectivity index (χ2n) is 7.56. The molecule has 1 aliphatic heterocycles. The topological polar surface area (TPSA) is 97.7 Å². The molecule has 0 bridgehead atoms. The molecule has 1 aliphatic rings. The van der Waals surface area contributed by atoms with Gasteiger partial charge in [0.1, 0.15) is 17.2 Å². The van der Waals surface area contributed by atoms with Gasteiger partial charge in [-0.15, -0.1) is 0 Å². The van der Waals surface area contributed by atoms with Crippen molar-refractivity contribution in [1.29, 1.82) is 0 Å². The fourth-order valence-electron chi connectivity index (χ4n) is 3.82. The number of aromatic nitrogens is 2. The van der Waals surface area contributed by atoms with Gasteiger partial charge in [0, 0.05) is 6.54 Å². The van der Waals surface area contributed by atoms with Crippen LogP contribution in [0.15, 0.2) is 32.8 Å². The van der Waals surface area contributed by atoms with E-state index in [-0.39, 0.29) is 13.0 Å². The maximum absolute atomic E-state index is 13.9. The number of nitrogens with zero attached hydrogens (tertiary/aromatic N) is 2. The van der Waals surface area contributed by atoms with E-state index in [1.165, 1.54) is 0 Å². The van der Waals surface area contributed by atoms with E-state index in [2.05, 4.69) is 10.3 Å². The first-order valence-electron chi connectivity index (χ1n) is 10.5. The minimum Gasteiger partial charge on any atom is -0.490 e. The number of ether oxygens (including phenoxy) is 2. The number of H-pyrrole nitrogens is 1. The molecule has 14 heteroatoms. The molecular formula is C21H22F6N4O4. The Bertz CT molecular complexity index is 1230. The lowest BCUT2D eigenvalue weighted by Gasteiger charge is -2.38. The van der Waals surface area contributed by atoms with Crippen molar-refractivity contribution in [2.75, 3.05) is 18.5 Å². The monoisotopic (exact) mass is 508 g/mol. The Hall–Kier alpha value is -3.45. The van der Waals surface area contributed by atoms with Gasteiger partial charge in [0.2, 0.25) is 0 Å². The maximum Gasteiger partial charge on any atom is 0.427 e. The number of alkyl halides is 6. The number of benzene rings is 1. The predicted octanol–water partition coefficient (Wildman–Crippen LogP) is 3.74. The van der Waals surface area contributed by atoms with Gasteiger partial charge < -0.3 is 14.8 Å². The average Bonchev–Trinajstić information content (AvgIpc) is 2.73. The zero-order valence-electron chi connectivity index (χ0n) is 18.9. The summed E-state index contributed by atoms with van der Waals surface area (Å²) < 4.78 is 95.0. The van der Waals surface area contributed by atoms with E-state index in [0.29, 0.717) is 34.8 Å². The summed E-state index contributed by atoms with van der Waals surface area (Å²) in [5.41, 5.74) is -9.04. The van der Waals surface area contributed by atoms with Crippen LogP contribution in [-0.4, -0.2) is 41.0 Å². The summed E-state index contributed by atoms with van der Waals surface area (Å²) >= 11 is 0. The number of amidine groups is 1. The van der Waals surface area contributed by atoms with Crippen LogP contribution < -0.4 is 26.0 Å². The molecule has 0 spiro atoms. The minimum absolute atomic E-state index is 0.00771. The van der Waals surface area contributed by atoms with Crippen molar-refractivity contribution < 1.29 is 35.8 Å². The van der Waals surface area contributed by atoms with E-state index in [4.69, 9.17) is 9.47 Å². The Balaban J connectivity index is 2.12. The highest BCUT2D eigenvalue weighted by atomic mass is 19.4. The zero-order chi connectivity index (χ0) is 26.2. The van der Waals surface area contributed by atoms with Crippen molar-refractivity contribution in [2.45, 2.75) is 51.6 Å². The van der Waals surface area contributed by atoms with Crippen LogP contribution in [0.1, 0.15) is 31.9 Å². The van der Waals surface area contributed by atoms with Crippen LogP contribution in [-0.2, 0) is 18.5 Å². The molecule has 0 saturated heterocycles. The lowest BCUT2D eigenvalue weighted by molar-refractivity contribution is -0.301. The molecule has 3 rings (SSSR count). The smallest absolute Gasteiger partial charge is 0.427 e. The van der Waals surface area contributed by atoms with E-state index in [9.17, 15) is 35.9 Å². The molecule has 192 valence electrons. The number of halogens is 6. The molecule has 0 radical (unpaired) electrons. The fraction of sp³-hybridized carbons (Fsp3) is 0.476. The van der Waals surface area contributed by atoms with Crippen LogP contribution in [0, 0.1) is 0 Å². The molecule has 0 aliphatic carbocycles. The van der Waals surface area contributed by atoms with Gasteiger partial charge in [-0.25, -0.2) is 9.79 Å². The fourth-order valence-corrected chi connectivity index (χ4v) is 3.82. The third-order valence-corrected chi connectivity index (χ3v) is 5.25. The van der Waals surface area contributed by atoms with Crippen molar-refractivity contribution in [3.63, 3.8) is 0 Å². The van der Waals surface area contributed by atoms with E-state index < -0.39 is 46.4 Å². The number of aliphatic imine (C=N–C) groups is 1. The highest BCUT2D eigenvalue weighted by Gasteiger charge is 2.75. The molecule has 1 aromatic heterocycles. The van der Waals surface area contributed by atoms with Crippen molar-refractivity contribution in [3.8, 4) is 11.5 Å². The van der Waals surface area contributed by atoms with Crippen molar-refractivity contribution in [1.82, 2.24) is 9.55 Å². The molecule has 0 amide bonds. The summed E-state index contributed by atoms with van der Waals surface area (Å²) in [6.45, 7) is 4.73. The number of hydrogen-bond acceptors (Lipinski definition) is 6. The van der Waals surface area contributed by atoms with Crippen LogP contribution in [0.2, 0.25) is 0 Å². The Morgan fingerprint density at radius 2 is 1.60 bits per heavy atom. The summed E-state index contributed by atoms with van der Waals surface area (Å²) in [6, 6.07) is 4.81. The van der Waals surface area contributed by atoms with Gasteiger partial charge in [-0.2, -0.15) is 26.3 Å². The first-order chi connectivity index (χ1) is 16.3. The third-order valence-electron chi connectivity index (χ3n) is 5.25. The third kappa shape index (κ3) is 4.60. The lowest BCUT2D eigenvalue weighted by atomic mass is 9.88. The van der Waals surface area contributed by atoms with Gasteiger partial charge >= 0.3 is 18.0 Å². The highest BCUT2D eigenvalue weighted by Crippen LogP contribution is 2.54. The molecule has 2 aromatic rings. The SMILES string of the molecule is CCOc1ccc(CCn2c3c(c(=O)[nH]c2=O)C(C(F)(F)F)(C(F)(F)F)N=C(C)N3)cc1OCC. The number of aromatic amines is 1. The van der Waals surface area contributed by atoms with Crippen molar-refractivity contribution in [3.05, 3.63) is 50.2 Å². The maximum atomic E-state index is 13.9. The molecule has 0 unspecified atom stereocenters. The van der Waals surface area contributed by atoms with Gasteiger partial charge in [0.25, 0.3) is 11.1 Å². The van der Waals surface area contributed by atoms with Crippen LogP contribution in [0.4, 0.5) is 32.2 Å². The van der Waals surface area contributed by atoms with E-state index in [0.717, 1.165) is 6.92 Å². The van der Waals surface area contributed by atoms with Gasteiger partial charge in [0.15, 0.2) is 11.5 Å². The lowest BCUT2D eigenvalue weighted by Crippen LogP contribution is -2.59. The first kappa shape index (κ1) is 26.2. The predicted molar refractivity (Wildman–Crippen MR) is 114 cm³/mol. The molecular weight excluding hydrogens is 486 g/mol. The Labute approximate surface area is 194 Å². The zero-order valence-corrected chi connectivity index (χ0v) is 18.9. The number of anilines is 1. The van der Waals surface area contributed by atoms with Gasteiger partial charge in [-0.3, -0.25) is 14.3 Å². The summed E-state index contributed by atoms with van der Waals surface area (Å²) in [4.78, 5) is 29.2. The van der Waals surface area contributed by atoms with Crippen LogP contribution in [0.25, 0.3) is 0 Å². The van der Waals surface area contributed by atoms with E-state index in [1.54, 1.807) is 37.0 Å². The van der Waals surface area contributed by atoms with Crippen LogP contribution >= 0.6 is 0 Å². The molecule has 1 aromatic carbocycles. The highest BCUT2D eigenvalue weighted by molar-refractivity contribution is 5.96. The first-order valence-corrected chi connectivity index (χ1v) is 10.5. The normalized spacial score (nSPS) is 15.2. The number of nitrogens with one attached hydrogen (secondary N) is 2. The molecule has 2 N–H and O–H groups in total. The Kier molecular flexibility index (Phi) is 6.95. The Morgan fingerprint density at radius 1 is 1.00 bits per heavy atom. The number of hydrogen-bond donors (Lipinski definition) is 2. The summed E-state index contributed by atoms with van der Waals surface area (Å²) in [5, 5.41) is 2.25. The van der Waals surface area contributed by atoms with Gasteiger partial charge in [-0.1, -0.05) is 6.07 Å². The molecule has 2 heterocycles. The Morgan fingerprint density at radius 3 is 2.17 bits per heavy atom. The van der Waals surface area contributed by atoms with E-state index in [1.807, 2.05) is 0 Å². The summed E-state index contributed by atoms with van der Waals surface area (Å²) in [5.74, 6) is -0.843. The number of fused-ring (bicyclic) bond motifs is 1. The second kappa shape index (κ2) is 9.30. The summed E-state index contributed by atoms with van der Waals surface area (Å²) in [7, 11) is 0. The second-order valence-corrected chi connectivity index (χ2v) is 7.56. The molecule has 0 fully saturated rings. The molecule has 8 nitrogen and oxygen atoms in total. The standard InChI is InChI=1S/C21H22F6N4O4/c1-4-34-13-7-6-12(10-14(13)35-5-2)8-9-31-16-15(17(32)29-18(31)33)19(20(22,23)24,21(25,26)27)30-11(3)28-16/h6-7,10H,4-5,8-9H2,1-3H3,(H,28,30)(H,29,32,33). The van der Waals surface area contributed by atoms with Crippen LogP contribution in [0.3, 0.4) is 0 Å². The largest absolute Gasteiger partial charge is 0.490 e. The van der Waals surface area contributed by atoms with Crippen molar-refractivity contribution in [2.24, 2.45) is 4.99 Å². The van der Waals surface area contributed by atoms with Gasteiger partial charge in [-0.05, 0) is 44.9 Å². The van der Waals surface area contributed by atoms with E-state index >= 15 is 0 Å². The number of aryl methyl sites for hydroxylation is 1. The molecule has 0 saturated carbocycles. The van der Waals surface area contributed by atoms with Gasteiger partial charge in [0.05, 0.1) is 13.2 Å². The number of rotatable bonds is 7. The molecule has 0 atom stereocenters. The summed E-state index contributed by atoms with van der Waals surface area (Å²) in [6.07, 6.45) is -12.0.